The molecule has 3 rings (SSSR count). The minimum atomic E-state index is 0.295. The number of aromatic nitrogens is 2. The van der Waals surface area contributed by atoms with Crippen molar-refractivity contribution in [1.82, 2.24) is 9.97 Å². The standard InChI is InChI=1S/C14H11BrClN5/c15-10-5-6-12(9-4-2-1-3-8(9)10)19-13-11(16)7-18-14(20-13)21-17/h1-7H,17H2,(H2,18,19,20,21). The molecule has 3 aromatic rings. The van der Waals surface area contributed by atoms with Crippen molar-refractivity contribution in [3.8, 4) is 0 Å². The summed E-state index contributed by atoms with van der Waals surface area (Å²) in [5.41, 5.74) is 3.30. The van der Waals surface area contributed by atoms with E-state index in [9.17, 15) is 0 Å². The minimum absolute atomic E-state index is 0.295. The fraction of sp³-hybridized carbons (Fsp3) is 0. The molecule has 7 heteroatoms. The van der Waals surface area contributed by atoms with Crippen molar-refractivity contribution in [1.29, 1.82) is 0 Å². The van der Waals surface area contributed by atoms with Crippen molar-refractivity contribution >= 4 is 55.8 Å². The number of nitrogens with zero attached hydrogens (tertiary/aromatic N) is 2. The van der Waals surface area contributed by atoms with Crippen LogP contribution in [0.5, 0.6) is 0 Å². The normalized spacial score (nSPS) is 10.6. The first-order valence-electron chi connectivity index (χ1n) is 6.12. The molecule has 106 valence electrons. The van der Waals surface area contributed by atoms with E-state index in [4.69, 9.17) is 17.4 Å². The number of hydrogen-bond donors (Lipinski definition) is 3. The zero-order valence-corrected chi connectivity index (χ0v) is 13.1. The molecule has 0 saturated heterocycles. The monoisotopic (exact) mass is 363 g/mol. The smallest absolute Gasteiger partial charge is 0.239 e. The molecule has 21 heavy (non-hydrogen) atoms. The van der Waals surface area contributed by atoms with E-state index in [1.54, 1.807) is 0 Å². The zero-order chi connectivity index (χ0) is 14.8. The molecule has 2 aromatic carbocycles. The third kappa shape index (κ3) is 2.78. The van der Waals surface area contributed by atoms with Gasteiger partial charge in [0.1, 0.15) is 5.02 Å². The summed E-state index contributed by atoms with van der Waals surface area (Å²) in [5.74, 6) is 6.11. The van der Waals surface area contributed by atoms with Gasteiger partial charge < -0.3 is 5.32 Å². The summed E-state index contributed by atoms with van der Waals surface area (Å²) < 4.78 is 1.03. The molecule has 0 saturated carbocycles. The molecule has 0 amide bonds. The quantitative estimate of drug-likeness (QED) is 0.482. The Hall–Kier alpha value is -1.89. The molecular weight excluding hydrogens is 354 g/mol. The van der Waals surface area contributed by atoms with Gasteiger partial charge in [-0.05, 0) is 17.5 Å². The summed E-state index contributed by atoms with van der Waals surface area (Å²) in [6.07, 6.45) is 1.49. The van der Waals surface area contributed by atoms with Gasteiger partial charge in [0.15, 0.2) is 5.82 Å². The first-order chi connectivity index (χ1) is 10.2. The second-order valence-electron chi connectivity index (χ2n) is 4.30. The summed E-state index contributed by atoms with van der Waals surface area (Å²) in [4.78, 5) is 8.16. The van der Waals surface area contributed by atoms with E-state index in [1.165, 1.54) is 6.20 Å². The van der Waals surface area contributed by atoms with Crippen LogP contribution in [0.4, 0.5) is 17.5 Å². The molecule has 0 unspecified atom stereocenters. The Morgan fingerprint density at radius 1 is 1.10 bits per heavy atom. The van der Waals surface area contributed by atoms with E-state index in [0.29, 0.717) is 16.8 Å². The van der Waals surface area contributed by atoms with Crippen molar-refractivity contribution in [3.63, 3.8) is 0 Å². The first kappa shape index (κ1) is 14.1. The number of nitrogens with one attached hydrogen (secondary N) is 2. The Morgan fingerprint density at radius 3 is 2.62 bits per heavy atom. The molecule has 5 nitrogen and oxygen atoms in total. The maximum Gasteiger partial charge on any atom is 0.239 e. The average molecular weight is 365 g/mol. The van der Waals surface area contributed by atoms with Crippen LogP contribution in [0.2, 0.25) is 5.02 Å². The third-order valence-corrected chi connectivity index (χ3v) is 3.97. The third-order valence-electron chi connectivity index (χ3n) is 3.00. The first-order valence-corrected chi connectivity index (χ1v) is 7.29. The molecule has 0 aliphatic heterocycles. The van der Waals surface area contributed by atoms with Gasteiger partial charge >= 0.3 is 0 Å². The van der Waals surface area contributed by atoms with E-state index in [-0.39, 0.29) is 0 Å². The van der Waals surface area contributed by atoms with Gasteiger partial charge in [0, 0.05) is 15.5 Å². The van der Waals surface area contributed by atoms with E-state index >= 15 is 0 Å². The highest BCUT2D eigenvalue weighted by Crippen LogP contribution is 2.32. The molecular formula is C14H11BrClN5. The maximum atomic E-state index is 6.12. The topological polar surface area (TPSA) is 75.9 Å². The molecule has 1 heterocycles. The summed E-state index contributed by atoms with van der Waals surface area (Å²) in [6.45, 7) is 0. The van der Waals surface area contributed by atoms with Crippen LogP contribution in [0.15, 0.2) is 47.1 Å². The Bertz CT molecular complexity index is 808. The molecule has 0 aliphatic rings. The van der Waals surface area contributed by atoms with Crippen LogP contribution in [-0.2, 0) is 0 Å². The van der Waals surface area contributed by atoms with E-state index < -0.39 is 0 Å². The van der Waals surface area contributed by atoms with E-state index in [1.807, 2.05) is 36.4 Å². The number of anilines is 3. The van der Waals surface area contributed by atoms with Crippen molar-refractivity contribution in [2.24, 2.45) is 5.84 Å². The molecule has 1 aromatic heterocycles. The Kier molecular flexibility index (Phi) is 3.92. The lowest BCUT2D eigenvalue weighted by Crippen LogP contribution is -2.11. The van der Waals surface area contributed by atoms with Gasteiger partial charge in [-0.2, -0.15) is 4.98 Å². The van der Waals surface area contributed by atoms with Crippen molar-refractivity contribution in [3.05, 3.63) is 52.1 Å². The van der Waals surface area contributed by atoms with Gasteiger partial charge in [0.25, 0.3) is 0 Å². The predicted molar refractivity (Wildman–Crippen MR) is 89.8 cm³/mol. The molecule has 0 spiro atoms. The van der Waals surface area contributed by atoms with E-state index in [0.717, 1.165) is 20.9 Å². The lowest BCUT2D eigenvalue weighted by molar-refractivity contribution is 1.12. The lowest BCUT2D eigenvalue weighted by Gasteiger charge is -2.12. The van der Waals surface area contributed by atoms with Crippen LogP contribution in [0.3, 0.4) is 0 Å². The number of fused-ring (bicyclic) bond motifs is 1. The molecule has 0 bridgehead atoms. The number of nitrogen functional groups attached to an aromatic ring is 1. The van der Waals surface area contributed by atoms with Crippen LogP contribution in [-0.4, -0.2) is 9.97 Å². The van der Waals surface area contributed by atoms with Crippen molar-refractivity contribution < 1.29 is 0 Å². The molecule has 0 fully saturated rings. The van der Waals surface area contributed by atoms with Crippen LogP contribution in [0.1, 0.15) is 0 Å². The highest BCUT2D eigenvalue weighted by atomic mass is 79.9. The fourth-order valence-electron chi connectivity index (χ4n) is 2.02. The van der Waals surface area contributed by atoms with Gasteiger partial charge in [0.2, 0.25) is 5.95 Å². The maximum absolute atomic E-state index is 6.12. The number of hydrazine groups is 1. The Labute approximate surface area is 134 Å². The van der Waals surface area contributed by atoms with Crippen molar-refractivity contribution in [2.45, 2.75) is 0 Å². The second kappa shape index (κ2) is 5.85. The SMILES string of the molecule is NNc1ncc(Cl)c(Nc2ccc(Br)c3ccccc23)n1. The Balaban J connectivity index is 2.08. The number of benzene rings is 2. The lowest BCUT2D eigenvalue weighted by atomic mass is 10.1. The number of hydrogen-bond acceptors (Lipinski definition) is 5. The second-order valence-corrected chi connectivity index (χ2v) is 5.56. The molecule has 0 atom stereocenters. The van der Waals surface area contributed by atoms with Crippen LogP contribution < -0.4 is 16.6 Å². The van der Waals surface area contributed by atoms with E-state index in [2.05, 4.69) is 36.6 Å². The fourth-order valence-corrected chi connectivity index (χ4v) is 2.64. The van der Waals surface area contributed by atoms with Gasteiger partial charge in [-0.15, -0.1) is 0 Å². The summed E-state index contributed by atoms with van der Waals surface area (Å²) >= 11 is 9.67. The predicted octanol–water partition coefficient (Wildman–Crippen LogP) is 4.07. The number of rotatable bonds is 3. The molecule has 4 N–H and O–H groups in total. The van der Waals surface area contributed by atoms with Gasteiger partial charge in [-0.1, -0.05) is 51.8 Å². The number of halogens is 2. The molecule has 0 radical (unpaired) electrons. The summed E-state index contributed by atoms with van der Waals surface area (Å²) in [5, 5.41) is 5.80. The minimum Gasteiger partial charge on any atom is -0.338 e. The van der Waals surface area contributed by atoms with Crippen LogP contribution in [0.25, 0.3) is 10.8 Å². The summed E-state index contributed by atoms with van der Waals surface area (Å²) in [6, 6.07) is 12.0. The van der Waals surface area contributed by atoms with Gasteiger partial charge in [-0.3, -0.25) is 5.43 Å². The molecule has 0 aliphatic carbocycles. The zero-order valence-electron chi connectivity index (χ0n) is 10.8. The van der Waals surface area contributed by atoms with Crippen LogP contribution >= 0.6 is 27.5 Å². The van der Waals surface area contributed by atoms with Gasteiger partial charge in [0.05, 0.1) is 6.20 Å². The van der Waals surface area contributed by atoms with Gasteiger partial charge in [-0.25, -0.2) is 10.8 Å². The highest BCUT2D eigenvalue weighted by Gasteiger charge is 2.08. The highest BCUT2D eigenvalue weighted by molar-refractivity contribution is 9.10. The van der Waals surface area contributed by atoms with Crippen molar-refractivity contribution in [2.75, 3.05) is 10.7 Å². The Morgan fingerprint density at radius 2 is 1.86 bits per heavy atom. The van der Waals surface area contributed by atoms with Crippen LogP contribution in [0, 0.1) is 0 Å². The summed E-state index contributed by atoms with van der Waals surface area (Å²) in [7, 11) is 0. The number of nitrogens with two attached hydrogens (primary N) is 1. The average Bonchev–Trinajstić information content (AvgIpc) is 2.52. The largest absolute Gasteiger partial charge is 0.338 e.